The number of sulfonamides is 1. The van der Waals surface area contributed by atoms with Gasteiger partial charge in [-0.1, -0.05) is 30.3 Å². The van der Waals surface area contributed by atoms with Gasteiger partial charge in [-0.2, -0.15) is 4.31 Å². The van der Waals surface area contributed by atoms with Crippen LogP contribution < -0.4 is 0 Å². The second-order valence-electron chi connectivity index (χ2n) is 4.00. The highest BCUT2D eigenvalue weighted by atomic mass is 32.2. The Morgan fingerprint density at radius 1 is 1.38 bits per heavy atom. The summed E-state index contributed by atoms with van der Waals surface area (Å²) in [6.45, 7) is 1.54. The molecule has 2 rings (SSSR count). The van der Waals surface area contributed by atoms with Gasteiger partial charge in [0.05, 0.1) is 19.0 Å². The Morgan fingerprint density at radius 3 is 2.50 bits per heavy atom. The third-order valence-electron chi connectivity index (χ3n) is 2.48. The number of nitrogens with zero attached hydrogens (tertiary/aromatic N) is 1. The fourth-order valence-electron chi connectivity index (χ4n) is 1.50. The first kappa shape index (κ1) is 11.6. The Balaban J connectivity index is 2.07. The van der Waals surface area contributed by atoms with Gasteiger partial charge < -0.3 is 4.74 Å². The molecule has 1 atom stereocenters. The molecular formula is C11H15NO3S. The van der Waals surface area contributed by atoms with E-state index in [9.17, 15) is 8.42 Å². The van der Waals surface area contributed by atoms with Gasteiger partial charge in [0.1, 0.15) is 0 Å². The number of rotatable bonds is 5. The molecule has 0 aromatic heterocycles. The minimum atomic E-state index is -3.16. The summed E-state index contributed by atoms with van der Waals surface area (Å²) in [4.78, 5) is 0. The Labute approximate surface area is 95.9 Å². The molecule has 1 saturated heterocycles. The summed E-state index contributed by atoms with van der Waals surface area (Å²) in [5.74, 6) is 0. The molecule has 1 aliphatic heterocycles. The van der Waals surface area contributed by atoms with Crippen LogP contribution in [0.5, 0.6) is 0 Å². The largest absolute Gasteiger partial charge is 0.372 e. The maximum absolute atomic E-state index is 11.6. The zero-order valence-electron chi connectivity index (χ0n) is 9.17. The molecule has 1 aromatic carbocycles. The molecule has 88 valence electrons. The lowest BCUT2D eigenvalue weighted by atomic mass is 10.2. The summed E-state index contributed by atoms with van der Waals surface area (Å²) in [6, 6.07) is 9.57. The number of benzene rings is 1. The molecule has 1 aromatic rings. The van der Waals surface area contributed by atoms with Crippen LogP contribution >= 0.6 is 0 Å². The fraction of sp³-hybridized carbons (Fsp3) is 0.455. The molecule has 0 saturated carbocycles. The summed E-state index contributed by atoms with van der Waals surface area (Å²) >= 11 is 0. The van der Waals surface area contributed by atoms with Gasteiger partial charge in [0.25, 0.3) is 0 Å². The lowest BCUT2D eigenvalue weighted by Crippen LogP contribution is -2.32. The van der Waals surface area contributed by atoms with E-state index >= 15 is 0 Å². The van der Waals surface area contributed by atoms with Crippen molar-refractivity contribution < 1.29 is 13.2 Å². The van der Waals surface area contributed by atoms with E-state index < -0.39 is 10.0 Å². The van der Waals surface area contributed by atoms with Crippen LogP contribution in [0, 0.1) is 0 Å². The molecule has 4 nitrogen and oxygen atoms in total. The third kappa shape index (κ3) is 3.30. The van der Waals surface area contributed by atoms with Gasteiger partial charge >= 0.3 is 0 Å². The molecule has 1 fully saturated rings. The molecule has 0 N–H and O–H groups in total. The van der Waals surface area contributed by atoms with Crippen LogP contribution in [0.15, 0.2) is 30.3 Å². The molecule has 0 bridgehead atoms. The minimum Gasteiger partial charge on any atom is -0.372 e. The third-order valence-corrected chi connectivity index (χ3v) is 3.70. The summed E-state index contributed by atoms with van der Waals surface area (Å²) in [6.07, 6.45) is 1.32. The predicted octanol–water partition coefficient (Wildman–Crippen LogP) is 0.847. The van der Waals surface area contributed by atoms with Crippen molar-refractivity contribution in [3.8, 4) is 0 Å². The first-order valence-electron chi connectivity index (χ1n) is 5.16. The Bertz CT molecular complexity index is 440. The highest BCUT2D eigenvalue weighted by molar-refractivity contribution is 7.88. The maximum Gasteiger partial charge on any atom is 0.211 e. The zero-order valence-corrected chi connectivity index (χ0v) is 9.98. The van der Waals surface area contributed by atoms with Crippen molar-refractivity contribution in [1.82, 2.24) is 4.31 Å². The van der Waals surface area contributed by atoms with Crippen LogP contribution in [0.25, 0.3) is 0 Å². The van der Waals surface area contributed by atoms with Gasteiger partial charge in [-0.05, 0) is 5.56 Å². The van der Waals surface area contributed by atoms with Crippen molar-refractivity contribution in [2.75, 3.05) is 19.4 Å². The average Bonchev–Trinajstić information content (AvgIpc) is 3.01. The summed E-state index contributed by atoms with van der Waals surface area (Å²) < 4.78 is 29.7. The molecule has 0 aliphatic carbocycles. The number of ether oxygens (including phenoxy) is 1. The van der Waals surface area contributed by atoms with Gasteiger partial charge in [0.15, 0.2) is 0 Å². The molecule has 1 aliphatic rings. The van der Waals surface area contributed by atoms with Crippen LogP contribution in [0.3, 0.4) is 0 Å². The molecule has 1 heterocycles. The lowest BCUT2D eigenvalue weighted by Gasteiger charge is -2.18. The van der Waals surface area contributed by atoms with Crippen LogP contribution in [-0.4, -0.2) is 38.2 Å². The van der Waals surface area contributed by atoms with Crippen molar-refractivity contribution in [3.63, 3.8) is 0 Å². The van der Waals surface area contributed by atoms with E-state index in [1.165, 1.54) is 10.6 Å². The van der Waals surface area contributed by atoms with Crippen molar-refractivity contribution in [3.05, 3.63) is 35.9 Å². The maximum atomic E-state index is 11.6. The average molecular weight is 241 g/mol. The predicted molar refractivity (Wildman–Crippen MR) is 61.4 cm³/mol. The van der Waals surface area contributed by atoms with Crippen LogP contribution in [0.2, 0.25) is 0 Å². The van der Waals surface area contributed by atoms with E-state index in [0.717, 1.165) is 5.56 Å². The summed E-state index contributed by atoms with van der Waals surface area (Å²) in [5.41, 5.74) is 0.994. The lowest BCUT2D eigenvalue weighted by molar-refractivity contribution is 0.333. The van der Waals surface area contributed by atoms with Crippen molar-refractivity contribution >= 4 is 10.0 Å². The van der Waals surface area contributed by atoms with Gasteiger partial charge in [0.2, 0.25) is 10.0 Å². The van der Waals surface area contributed by atoms with Crippen molar-refractivity contribution in [1.29, 1.82) is 0 Å². The number of hydrogen-bond acceptors (Lipinski definition) is 3. The standard InChI is InChI=1S/C11H15NO3S/c1-16(13,14)12(8-11-9-15-11)7-10-5-3-2-4-6-10/h2-6,11H,7-9H2,1H3/t11-/m0/s1. The topological polar surface area (TPSA) is 49.9 Å². The van der Waals surface area contributed by atoms with Crippen LogP contribution in [-0.2, 0) is 21.3 Å². The Kier molecular flexibility index (Phi) is 3.28. The molecule has 0 radical (unpaired) electrons. The van der Waals surface area contributed by atoms with E-state index in [1.54, 1.807) is 0 Å². The number of hydrogen-bond donors (Lipinski definition) is 0. The molecule has 0 spiro atoms. The van der Waals surface area contributed by atoms with Gasteiger partial charge in [0, 0.05) is 13.1 Å². The normalized spacial score (nSPS) is 20.0. The fourth-order valence-corrected chi connectivity index (χ4v) is 2.33. The molecule has 5 heteroatoms. The SMILES string of the molecule is CS(=O)(=O)N(Cc1ccccc1)C[C@H]1CO1. The van der Waals surface area contributed by atoms with E-state index in [2.05, 4.69) is 0 Å². The van der Waals surface area contributed by atoms with E-state index in [0.29, 0.717) is 19.7 Å². The van der Waals surface area contributed by atoms with Crippen molar-refractivity contribution in [2.45, 2.75) is 12.6 Å². The van der Waals surface area contributed by atoms with Crippen LogP contribution in [0.1, 0.15) is 5.56 Å². The van der Waals surface area contributed by atoms with E-state index in [-0.39, 0.29) is 6.10 Å². The highest BCUT2D eigenvalue weighted by Gasteiger charge is 2.29. The summed E-state index contributed by atoms with van der Waals surface area (Å²) in [7, 11) is -3.16. The van der Waals surface area contributed by atoms with Gasteiger partial charge in [-0.25, -0.2) is 8.42 Å². The first-order chi connectivity index (χ1) is 7.55. The quantitative estimate of drug-likeness (QED) is 0.718. The van der Waals surface area contributed by atoms with E-state index in [1.807, 2.05) is 30.3 Å². The summed E-state index contributed by atoms with van der Waals surface area (Å²) in [5, 5.41) is 0. The Morgan fingerprint density at radius 2 is 2.00 bits per heavy atom. The minimum absolute atomic E-state index is 0.0819. The van der Waals surface area contributed by atoms with Gasteiger partial charge in [-0.15, -0.1) is 0 Å². The van der Waals surface area contributed by atoms with Crippen molar-refractivity contribution in [2.24, 2.45) is 0 Å². The molecule has 0 unspecified atom stereocenters. The zero-order chi connectivity index (χ0) is 11.6. The smallest absolute Gasteiger partial charge is 0.211 e. The molecule has 0 amide bonds. The molecular weight excluding hydrogens is 226 g/mol. The number of epoxide rings is 1. The van der Waals surface area contributed by atoms with Crippen LogP contribution in [0.4, 0.5) is 0 Å². The Hall–Kier alpha value is -0.910. The van der Waals surface area contributed by atoms with E-state index in [4.69, 9.17) is 4.74 Å². The van der Waals surface area contributed by atoms with Gasteiger partial charge in [-0.3, -0.25) is 0 Å². The molecule has 16 heavy (non-hydrogen) atoms. The monoisotopic (exact) mass is 241 g/mol. The second-order valence-corrected chi connectivity index (χ2v) is 5.98. The first-order valence-corrected chi connectivity index (χ1v) is 7.01. The highest BCUT2D eigenvalue weighted by Crippen LogP contribution is 2.15. The second kappa shape index (κ2) is 4.53.